The lowest BCUT2D eigenvalue weighted by molar-refractivity contribution is -0.143. The van der Waals surface area contributed by atoms with Gasteiger partial charge in [-0.05, 0) is 83.5 Å². The summed E-state index contributed by atoms with van der Waals surface area (Å²) in [6.07, 6.45) is 77.3. The van der Waals surface area contributed by atoms with Gasteiger partial charge in [0.1, 0.15) is 0 Å². The summed E-state index contributed by atoms with van der Waals surface area (Å²) in [4.78, 5) is 24.6. The van der Waals surface area contributed by atoms with Crippen LogP contribution in [0.2, 0.25) is 0 Å². The average Bonchev–Trinajstić information content (AvgIpc) is 3.38. The first-order chi connectivity index (χ1) is 35.5. The highest BCUT2D eigenvalue weighted by Gasteiger charge is 2.20. The van der Waals surface area contributed by atoms with E-state index in [2.05, 4.69) is 55.6 Å². The van der Waals surface area contributed by atoms with Gasteiger partial charge in [-0.3, -0.25) is 9.59 Å². The van der Waals surface area contributed by atoms with Gasteiger partial charge in [-0.2, -0.15) is 0 Å². The number of unbranched alkanes of at least 4 members (excludes halogenated alkanes) is 44. The molecule has 0 fully saturated rings. The molecule has 424 valence electrons. The van der Waals surface area contributed by atoms with Gasteiger partial charge in [0.15, 0.2) is 0 Å². The van der Waals surface area contributed by atoms with E-state index >= 15 is 0 Å². The van der Waals surface area contributed by atoms with E-state index in [4.69, 9.17) is 4.74 Å². The molecule has 2 unspecified atom stereocenters. The van der Waals surface area contributed by atoms with Crippen LogP contribution in [-0.2, 0) is 14.3 Å². The molecule has 0 saturated carbocycles. The molecular formula is C66H125NO5. The number of nitrogens with one attached hydrogen (secondary N) is 1. The lowest BCUT2D eigenvalue weighted by Crippen LogP contribution is -2.45. The number of carbonyl (C=O) groups is 2. The summed E-state index contributed by atoms with van der Waals surface area (Å²) in [6, 6.07) is -0.560. The lowest BCUT2D eigenvalue weighted by Gasteiger charge is -2.22. The molecule has 3 N–H and O–H groups in total. The first kappa shape index (κ1) is 70.1. The number of hydrogen-bond acceptors (Lipinski definition) is 5. The summed E-state index contributed by atoms with van der Waals surface area (Å²) in [6.45, 7) is 4.91. The number of aliphatic hydroxyl groups is 2. The van der Waals surface area contributed by atoms with Crippen LogP contribution in [0.3, 0.4) is 0 Å². The Morgan fingerprint density at radius 1 is 0.389 bits per heavy atom. The number of hydrogen-bond donors (Lipinski definition) is 3. The molecule has 0 aliphatic carbocycles. The van der Waals surface area contributed by atoms with Gasteiger partial charge in [0, 0.05) is 12.8 Å². The highest BCUT2D eigenvalue weighted by molar-refractivity contribution is 5.76. The Morgan fingerprint density at radius 3 is 1.07 bits per heavy atom. The van der Waals surface area contributed by atoms with Crippen molar-refractivity contribution in [3.63, 3.8) is 0 Å². The van der Waals surface area contributed by atoms with Crippen molar-refractivity contribution in [3.05, 3.63) is 36.5 Å². The second kappa shape index (κ2) is 61.6. The molecule has 2 atom stereocenters. The Kier molecular flexibility index (Phi) is 60.0. The normalized spacial score (nSPS) is 12.8. The molecule has 0 aromatic heterocycles. The van der Waals surface area contributed by atoms with E-state index in [-0.39, 0.29) is 18.5 Å². The molecule has 6 heteroatoms. The van der Waals surface area contributed by atoms with Crippen molar-refractivity contribution >= 4 is 11.9 Å². The van der Waals surface area contributed by atoms with E-state index in [0.29, 0.717) is 25.9 Å². The number of rotatable bonds is 60. The molecule has 0 spiro atoms. The van der Waals surface area contributed by atoms with Gasteiger partial charge in [0.25, 0.3) is 0 Å². The fraction of sp³-hybridized carbons (Fsp3) is 0.879. The van der Waals surface area contributed by atoms with Gasteiger partial charge in [-0.1, -0.05) is 288 Å². The van der Waals surface area contributed by atoms with Gasteiger partial charge >= 0.3 is 5.97 Å². The number of ether oxygens (including phenoxy) is 1. The maximum absolute atomic E-state index is 12.5. The fourth-order valence-corrected chi connectivity index (χ4v) is 9.98. The summed E-state index contributed by atoms with van der Waals surface area (Å²) in [7, 11) is 0. The SMILES string of the molecule is CCCCCCCC/C=C\CCCCCCCCCC(=O)OCCCCC/C=C\C=C/CCCCCCCCC(=O)NC(CO)C(O)CCCCCCCCCCCCCCCCCCCCCCCCC. The molecule has 6 nitrogen and oxygen atoms in total. The van der Waals surface area contributed by atoms with Crippen molar-refractivity contribution in [1.29, 1.82) is 0 Å². The molecule has 0 radical (unpaired) electrons. The summed E-state index contributed by atoms with van der Waals surface area (Å²) < 4.78 is 5.46. The van der Waals surface area contributed by atoms with Crippen molar-refractivity contribution in [2.45, 2.75) is 360 Å². The third-order valence-electron chi connectivity index (χ3n) is 14.9. The van der Waals surface area contributed by atoms with Gasteiger partial charge in [-0.15, -0.1) is 0 Å². The molecule has 72 heavy (non-hydrogen) atoms. The van der Waals surface area contributed by atoms with Crippen LogP contribution in [0.4, 0.5) is 0 Å². The highest BCUT2D eigenvalue weighted by Crippen LogP contribution is 2.18. The van der Waals surface area contributed by atoms with Crippen molar-refractivity contribution in [2.24, 2.45) is 0 Å². The maximum atomic E-state index is 12.5. The first-order valence-corrected chi connectivity index (χ1v) is 32.3. The van der Waals surface area contributed by atoms with Crippen LogP contribution >= 0.6 is 0 Å². The fourth-order valence-electron chi connectivity index (χ4n) is 9.98. The molecule has 1 amide bonds. The first-order valence-electron chi connectivity index (χ1n) is 32.3. The monoisotopic (exact) mass is 1010 g/mol. The van der Waals surface area contributed by atoms with Gasteiger partial charge in [0.05, 0.1) is 25.4 Å². The van der Waals surface area contributed by atoms with E-state index < -0.39 is 12.1 Å². The van der Waals surface area contributed by atoms with Crippen LogP contribution in [0.1, 0.15) is 348 Å². The number of amides is 1. The van der Waals surface area contributed by atoms with Crippen molar-refractivity contribution in [3.8, 4) is 0 Å². The van der Waals surface area contributed by atoms with Crippen molar-refractivity contribution < 1.29 is 24.5 Å². The van der Waals surface area contributed by atoms with Crippen LogP contribution < -0.4 is 5.32 Å². The lowest BCUT2D eigenvalue weighted by atomic mass is 10.0. The Hall–Kier alpha value is -1.92. The third-order valence-corrected chi connectivity index (χ3v) is 14.9. The number of carbonyl (C=O) groups excluding carboxylic acids is 2. The van der Waals surface area contributed by atoms with E-state index in [1.165, 1.54) is 238 Å². The smallest absolute Gasteiger partial charge is 0.305 e. The van der Waals surface area contributed by atoms with E-state index in [0.717, 1.165) is 77.0 Å². The second-order valence-corrected chi connectivity index (χ2v) is 22.1. The zero-order chi connectivity index (χ0) is 52.2. The molecule has 0 heterocycles. The minimum absolute atomic E-state index is 0.0243. The predicted molar refractivity (Wildman–Crippen MR) is 315 cm³/mol. The summed E-state index contributed by atoms with van der Waals surface area (Å²) in [5, 5.41) is 23.4. The molecule has 0 saturated heterocycles. The van der Waals surface area contributed by atoms with Crippen LogP contribution in [0, 0.1) is 0 Å². The minimum Gasteiger partial charge on any atom is -0.466 e. The highest BCUT2D eigenvalue weighted by atomic mass is 16.5. The second-order valence-electron chi connectivity index (χ2n) is 22.1. The Bertz CT molecular complexity index is 1170. The third kappa shape index (κ3) is 57.4. The standard InChI is InChI=1S/C66H125NO5/c1-3-5-7-9-11-13-15-17-19-21-22-23-24-25-26-28-30-34-38-42-46-50-54-58-64(69)63(62-68)67-65(70)59-55-51-47-43-39-35-31-29-33-37-41-45-49-53-57-61-72-66(71)60-56-52-48-44-40-36-32-27-20-18-16-14-12-10-8-6-4-2/h18,20,29,33,37,41,63-64,68-69H,3-17,19,21-28,30-32,34-36,38-40,42-62H2,1-2H3,(H,67,70)/b20-18-,33-29-,41-37-. The van der Waals surface area contributed by atoms with E-state index in [1.54, 1.807) is 0 Å². The Labute approximate surface area is 449 Å². The molecule has 0 aromatic rings. The molecule has 0 bridgehead atoms. The summed E-state index contributed by atoms with van der Waals surface area (Å²) >= 11 is 0. The number of esters is 1. The van der Waals surface area contributed by atoms with Crippen LogP contribution in [0.5, 0.6) is 0 Å². The molecule has 0 aliphatic rings. The van der Waals surface area contributed by atoms with Crippen LogP contribution in [0.25, 0.3) is 0 Å². The summed E-state index contributed by atoms with van der Waals surface area (Å²) in [5.41, 5.74) is 0. The van der Waals surface area contributed by atoms with Crippen molar-refractivity contribution in [1.82, 2.24) is 5.32 Å². The zero-order valence-electron chi connectivity index (χ0n) is 48.4. The molecule has 0 aliphatic heterocycles. The Morgan fingerprint density at radius 2 is 0.694 bits per heavy atom. The predicted octanol–water partition coefficient (Wildman–Crippen LogP) is 20.4. The van der Waals surface area contributed by atoms with Gasteiger partial charge < -0.3 is 20.3 Å². The summed E-state index contributed by atoms with van der Waals surface area (Å²) in [5.74, 6) is -0.0788. The largest absolute Gasteiger partial charge is 0.466 e. The average molecular weight is 1010 g/mol. The van der Waals surface area contributed by atoms with E-state index in [1.807, 2.05) is 0 Å². The van der Waals surface area contributed by atoms with Crippen molar-refractivity contribution in [2.75, 3.05) is 13.2 Å². The van der Waals surface area contributed by atoms with Gasteiger partial charge in [-0.25, -0.2) is 0 Å². The zero-order valence-corrected chi connectivity index (χ0v) is 48.4. The maximum Gasteiger partial charge on any atom is 0.305 e. The van der Waals surface area contributed by atoms with Crippen LogP contribution in [0.15, 0.2) is 36.5 Å². The van der Waals surface area contributed by atoms with E-state index in [9.17, 15) is 19.8 Å². The molecule has 0 rings (SSSR count). The van der Waals surface area contributed by atoms with Gasteiger partial charge in [0.2, 0.25) is 5.91 Å². The topological polar surface area (TPSA) is 95.9 Å². The minimum atomic E-state index is -0.681. The molecule has 0 aromatic carbocycles. The number of allylic oxidation sites excluding steroid dienone is 6. The van der Waals surface area contributed by atoms with Crippen LogP contribution in [-0.4, -0.2) is 47.4 Å². The number of aliphatic hydroxyl groups excluding tert-OH is 2. The quantitative estimate of drug-likeness (QED) is 0.0244. The Balaban J connectivity index is 3.50. The molecular weight excluding hydrogens is 887 g/mol.